The van der Waals surface area contributed by atoms with Crippen molar-refractivity contribution < 1.29 is 14.3 Å². The van der Waals surface area contributed by atoms with Crippen LogP contribution in [0.5, 0.6) is 0 Å². The predicted octanol–water partition coefficient (Wildman–Crippen LogP) is 3.03. The van der Waals surface area contributed by atoms with Crippen LogP contribution in [-0.2, 0) is 20.7 Å². The predicted molar refractivity (Wildman–Crippen MR) is 94.1 cm³/mol. The lowest BCUT2D eigenvalue weighted by atomic mass is 10.0. The minimum atomic E-state index is 0.244. The number of carbonyl (C=O) groups excluding carboxylic acids is 1. The number of carbonyl (C=O) groups is 1. The van der Waals surface area contributed by atoms with Gasteiger partial charge in [-0.15, -0.1) is 0 Å². The molecule has 0 saturated carbocycles. The van der Waals surface area contributed by atoms with Gasteiger partial charge in [-0.1, -0.05) is 23.8 Å². The highest BCUT2D eigenvalue weighted by atomic mass is 16.5. The second-order valence-electron chi connectivity index (χ2n) is 7.13. The third-order valence-corrected chi connectivity index (χ3v) is 5.19. The van der Waals surface area contributed by atoms with Gasteiger partial charge < -0.3 is 14.4 Å². The van der Waals surface area contributed by atoms with Crippen LogP contribution >= 0.6 is 0 Å². The van der Waals surface area contributed by atoms with E-state index in [2.05, 4.69) is 32.0 Å². The van der Waals surface area contributed by atoms with Gasteiger partial charge in [0.15, 0.2) is 0 Å². The molecule has 2 aliphatic rings. The van der Waals surface area contributed by atoms with Crippen molar-refractivity contribution in [2.75, 3.05) is 26.3 Å². The maximum absolute atomic E-state index is 12.6. The molecule has 132 valence electrons. The summed E-state index contributed by atoms with van der Waals surface area (Å²) in [6.07, 6.45) is 5.08. The summed E-state index contributed by atoms with van der Waals surface area (Å²) in [7, 11) is 0. The maximum Gasteiger partial charge on any atom is 0.227 e. The number of hydrogen-bond donors (Lipinski definition) is 0. The van der Waals surface area contributed by atoms with E-state index in [0.717, 1.165) is 57.6 Å². The van der Waals surface area contributed by atoms with E-state index in [9.17, 15) is 4.79 Å². The van der Waals surface area contributed by atoms with E-state index in [-0.39, 0.29) is 5.91 Å². The fourth-order valence-corrected chi connectivity index (χ4v) is 3.59. The first-order valence-electron chi connectivity index (χ1n) is 9.19. The van der Waals surface area contributed by atoms with E-state index in [4.69, 9.17) is 9.47 Å². The van der Waals surface area contributed by atoms with E-state index in [0.29, 0.717) is 18.6 Å². The Morgan fingerprint density at radius 3 is 2.50 bits per heavy atom. The summed E-state index contributed by atoms with van der Waals surface area (Å²) in [4.78, 5) is 14.6. The number of hydrogen-bond acceptors (Lipinski definition) is 3. The molecule has 0 spiro atoms. The molecule has 24 heavy (non-hydrogen) atoms. The smallest absolute Gasteiger partial charge is 0.227 e. The van der Waals surface area contributed by atoms with Gasteiger partial charge in [-0.3, -0.25) is 4.79 Å². The van der Waals surface area contributed by atoms with Crippen LogP contribution in [0.4, 0.5) is 0 Å². The first-order chi connectivity index (χ1) is 11.6. The zero-order valence-corrected chi connectivity index (χ0v) is 14.9. The molecule has 2 saturated heterocycles. The normalized spacial score (nSPS) is 20.3. The summed E-state index contributed by atoms with van der Waals surface area (Å²) in [6, 6.07) is 6.34. The molecule has 4 nitrogen and oxygen atoms in total. The highest BCUT2D eigenvalue weighted by Crippen LogP contribution is 2.21. The van der Waals surface area contributed by atoms with E-state index < -0.39 is 0 Å². The van der Waals surface area contributed by atoms with Crippen molar-refractivity contribution in [3.05, 3.63) is 34.9 Å². The van der Waals surface area contributed by atoms with E-state index in [1.165, 1.54) is 11.1 Å². The van der Waals surface area contributed by atoms with Gasteiger partial charge in [0.2, 0.25) is 5.91 Å². The summed E-state index contributed by atoms with van der Waals surface area (Å²) in [6.45, 7) is 7.42. The Kier molecular flexibility index (Phi) is 5.90. The quantitative estimate of drug-likeness (QED) is 0.851. The van der Waals surface area contributed by atoms with Gasteiger partial charge in [0.05, 0.1) is 18.6 Å². The fraction of sp³-hybridized carbons (Fsp3) is 0.650. The highest BCUT2D eigenvalue weighted by Gasteiger charge is 2.26. The third kappa shape index (κ3) is 4.58. The Balaban J connectivity index is 1.47. The lowest BCUT2D eigenvalue weighted by molar-refractivity contribution is -0.135. The SMILES string of the molecule is Cc1ccc(C)c(CC(=O)N2CCC(OC3CCOCC3)CC2)c1. The van der Waals surface area contributed by atoms with Gasteiger partial charge in [-0.05, 0) is 50.7 Å². The average Bonchev–Trinajstić information content (AvgIpc) is 2.60. The number of nitrogens with zero attached hydrogens (tertiary/aromatic N) is 1. The van der Waals surface area contributed by atoms with Crippen LogP contribution in [0.15, 0.2) is 18.2 Å². The topological polar surface area (TPSA) is 38.8 Å². The summed E-state index contributed by atoms with van der Waals surface area (Å²) in [5.74, 6) is 0.244. The molecule has 0 aliphatic carbocycles. The molecule has 2 aliphatic heterocycles. The molecular formula is C20H29NO3. The van der Waals surface area contributed by atoms with Crippen LogP contribution in [0.1, 0.15) is 42.4 Å². The zero-order chi connectivity index (χ0) is 16.9. The lowest BCUT2D eigenvalue weighted by Gasteiger charge is -2.35. The van der Waals surface area contributed by atoms with Crippen molar-refractivity contribution in [1.82, 2.24) is 4.90 Å². The first kappa shape index (κ1) is 17.4. The Morgan fingerprint density at radius 1 is 1.12 bits per heavy atom. The Hall–Kier alpha value is -1.39. The highest BCUT2D eigenvalue weighted by molar-refractivity contribution is 5.79. The molecule has 0 bridgehead atoms. The van der Waals surface area contributed by atoms with Gasteiger partial charge in [-0.2, -0.15) is 0 Å². The molecule has 3 rings (SSSR count). The van der Waals surface area contributed by atoms with Crippen molar-refractivity contribution in [3.8, 4) is 0 Å². The lowest BCUT2D eigenvalue weighted by Crippen LogP contribution is -2.43. The average molecular weight is 331 g/mol. The summed E-state index contributed by atoms with van der Waals surface area (Å²) in [5.41, 5.74) is 3.57. The summed E-state index contributed by atoms with van der Waals surface area (Å²) in [5, 5.41) is 0. The molecule has 1 aromatic carbocycles. The standard InChI is InChI=1S/C20H29NO3/c1-15-3-4-16(2)17(13-15)14-20(22)21-9-5-18(6-10-21)24-19-7-11-23-12-8-19/h3-4,13,18-19H,5-12,14H2,1-2H3. The van der Waals surface area contributed by atoms with Crippen molar-refractivity contribution in [1.29, 1.82) is 0 Å². The second-order valence-corrected chi connectivity index (χ2v) is 7.13. The van der Waals surface area contributed by atoms with E-state index in [1.807, 2.05) is 4.90 Å². The van der Waals surface area contributed by atoms with Gasteiger partial charge in [0.1, 0.15) is 0 Å². The van der Waals surface area contributed by atoms with Crippen LogP contribution in [0, 0.1) is 13.8 Å². The van der Waals surface area contributed by atoms with Gasteiger partial charge in [0.25, 0.3) is 0 Å². The van der Waals surface area contributed by atoms with Gasteiger partial charge >= 0.3 is 0 Å². The summed E-state index contributed by atoms with van der Waals surface area (Å²) >= 11 is 0. The summed E-state index contributed by atoms with van der Waals surface area (Å²) < 4.78 is 11.6. The molecule has 0 radical (unpaired) electrons. The van der Waals surface area contributed by atoms with Crippen LogP contribution in [0.25, 0.3) is 0 Å². The molecule has 0 atom stereocenters. The number of piperidine rings is 1. The van der Waals surface area contributed by atoms with Crippen LogP contribution in [0.3, 0.4) is 0 Å². The van der Waals surface area contributed by atoms with Crippen molar-refractivity contribution in [2.45, 2.75) is 58.2 Å². The Bertz CT molecular complexity index is 558. The Morgan fingerprint density at radius 2 is 1.79 bits per heavy atom. The van der Waals surface area contributed by atoms with Gasteiger partial charge in [0, 0.05) is 26.3 Å². The number of benzene rings is 1. The zero-order valence-electron chi connectivity index (χ0n) is 14.9. The third-order valence-electron chi connectivity index (χ3n) is 5.19. The second kappa shape index (κ2) is 8.13. The minimum Gasteiger partial charge on any atom is -0.381 e. The molecule has 2 fully saturated rings. The number of likely N-dealkylation sites (tertiary alicyclic amines) is 1. The molecule has 0 aromatic heterocycles. The van der Waals surface area contributed by atoms with Crippen LogP contribution in [-0.4, -0.2) is 49.3 Å². The molecule has 1 aromatic rings. The molecular weight excluding hydrogens is 302 g/mol. The van der Waals surface area contributed by atoms with Crippen LogP contribution < -0.4 is 0 Å². The number of rotatable bonds is 4. The monoisotopic (exact) mass is 331 g/mol. The molecule has 0 N–H and O–H groups in total. The van der Waals surface area contributed by atoms with E-state index in [1.54, 1.807) is 0 Å². The van der Waals surface area contributed by atoms with Crippen molar-refractivity contribution >= 4 is 5.91 Å². The molecule has 0 unspecified atom stereocenters. The fourth-order valence-electron chi connectivity index (χ4n) is 3.59. The Labute approximate surface area is 145 Å². The van der Waals surface area contributed by atoms with Crippen molar-refractivity contribution in [2.24, 2.45) is 0 Å². The molecule has 1 amide bonds. The number of aryl methyl sites for hydroxylation is 2. The van der Waals surface area contributed by atoms with Gasteiger partial charge in [-0.25, -0.2) is 0 Å². The maximum atomic E-state index is 12.6. The largest absolute Gasteiger partial charge is 0.381 e. The number of ether oxygens (including phenoxy) is 2. The first-order valence-corrected chi connectivity index (χ1v) is 9.19. The van der Waals surface area contributed by atoms with Crippen molar-refractivity contribution in [3.63, 3.8) is 0 Å². The van der Waals surface area contributed by atoms with Crippen LogP contribution in [0.2, 0.25) is 0 Å². The minimum absolute atomic E-state index is 0.244. The molecule has 4 heteroatoms. The van der Waals surface area contributed by atoms with E-state index >= 15 is 0 Å². The number of amides is 1. The molecule has 2 heterocycles.